The lowest BCUT2D eigenvalue weighted by Gasteiger charge is -2.11. The molecule has 0 spiro atoms. The molecule has 1 amide bonds. The number of nitrogens with zero attached hydrogens (tertiary/aromatic N) is 2. The Bertz CT molecular complexity index is 1130. The number of amides is 1. The Hall–Kier alpha value is -3.54. The van der Waals surface area contributed by atoms with Crippen LogP contribution in [0.1, 0.15) is 34.8 Å². The predicted octanol–water partition coefficient (Wildman–Crippen LogP) is 4.77. The molecule has 0 bridgehead atoms. The van der Waals surface area contributed by atoms with Gasteiger partial charge in [-0.2, -0.15) is 0 Å². The number of rotatable bonds is 10. The first-order valence-corrected chi connectivity index (χ1v) is 10.7. The van der Waals surface area contributed by atoms with Gasteiger partial charge < -0.3 is 19.0 Å². The van der Waals surface area contributed by atoms with Crippen molar-refractivity contribution in [3.05, 3.63) is 84.1 Å². The number of benzene rings is 2. The number of nitrogens with one attached hydrogen (secondary N) is 1. The van der Waals surface area contributed by atoms with E-state index in [4.69, 9.17) is 14.1 Å². The Labute approximate surface area is 181 Å². The van der Waals surface area contributed by atoms with Gasteiger partial charge in [-0.25, -0.2) is 4.98 Å². The molecule has 160 valence electrons. The van der Waals surface area contributed by atoms with Crippen LogP contribution in [-0.4, -0.2) is 28.6 Å². The summed E-state index contributed by atoms with van der Waals surface area (Å²) in [6.45, 7) is 4.11. The fraction of sp³-hybridized carbons (Fsp3) is 0.280. The highest BCUT2D eigenvalue weighted by Crippen LogP contribution is 2.18. The van der Waals surface area contributed by atoms with E-state index >= 15 is 0 Å². The monoisotopic (exact) mass is 417 g/mol. The summed E-state index contributed by atoms with van der Waals surface area (Å²) in [6, 6.07) is 19.7. The summed E-state index contributed by atoms with van der Waals surface area (Å²) in [4.78, 5) is 16.8. The fourth-order valence-corrected chi connectivity index (χ4v) is 3.63. The molecule has 4 aromatic rings. The van der Waals surface area contributed by atoms with Crippen LogP contribution < -0.4 is 10.1 Å². The van der Waals surface area contributed by atoms with Crippen LogP contribution in [0.2, 0.25) is 0 Å². The Morgan fingerprint density at radius 2 is 2.00 bits per heavy atom. The van der Waals surface area contributed by atoms with Crippen LogP contribution in [0, 0.1) is 6.92 Å². The molecule has 0 unspecified atom stereocenters. The topological polar surface area (TPSA) is 69.3 Å². The Kier molecular flexibility index (Phi) is 6.67. The lowest BCUT2D eigenvalue weighted by Crippen LogP contribution is -2.24. The molecular weight excluding hydrogens is 390 g/mol. The molecule has 0 saturated carbocycles. The average molecular weight is 418 g/mol. The van der Waals surface area contributed by atoms with Crippen molar-refractivity contribution in [2.75, 3.05) is 13.2 Å². The maximum absolute atomic E-state index is 12.0. The molecule has 2 heterocycles. The molecule has 31 heavy (non-hydrogen) atoms. The summed E-state index contributed by atoms with van der Waals surface area (Å²) < 4.78 is 13.3. The smallest absolute Gasteiger partial charge is 0.286 e. The third kappa shape index (κ3) is 5.34. The van der Waals surface area contributed by atoms with E-state index in [0.717, 1.165) is 48.4 Å². The number of hydrogen-bond donors (Lipinski definition) is 1. The number of hydrogen-bond acceptors (Lipinski definition) is 4. The molecule has 2 aromatic heterocycles. The molecule has 4 rings (SSSR count). The number of carbonyl (C=O) groups excluding carboxylic acids is 1. The van der Waals surface area contributed by atoms with Crippen molar-refractivity contribution in [3.8, 4) is 5.75 Å². The summed E-state index contributed by atoms with van der Waals surface area (Å²) in [5, 5.41) is 2.89. The lowest BCUT2D eigenvalue weighted by atomic mass is 10.2. The standard InChI is InChI=1S/C25H27N3O3/c1-19-8-4-9-20(18-19)30-17-7-15-28-22-11-3-2-10-21(22)27-24(28)13-5-14-26-25(29)23-12-6-16-31-23/h2-4,6,8-12,16,18H,5,7,13-15,17H2,1H3,(H,26,29). The van der Waals surface area contributed by atoms with Crippen LogP contribution in [0.3, 0.4) is 0 Å². The Morgan fingerprint density at radius 3 is 2.84 bits per heavy atom. The third-order valence-electron chi connectivity index (χ3n) is 5.13. The highest BCUT2D eigenvalue weighted by molar-refractivity contribution is 5.91. The number of carbonyl (C=O) groups is 1. The number of aryl methyl sites for hydroxylation is 3. The summed E-state index contributed by atoms with van der Waals surface area (Å²) in [6.07, 6.45) is 3.97. The minimum atomic E-state index is -0.188. The molecule has 6 heteroatoms. The first-order chi connectivity index (χ1) is 15.2. The first kappa shape index (κ1) is 20.7. The van der Waals surface area contributed by atoms with E-state index in [0.29, 0.717) is 18.9 Å². The van der Waals surface area contributed by atoms with Crippen molar-refractivity contribution in [1.82, 2.24) is 14.9 Å². The number of imidazole rings is 1. The summed E-state index contributed by atoms with van der Waals surface area (Å²) in [5.41, 5.74) is 3.32. The quantitative estimate of drug-likeness (QED) is 0.378. The van der Waals surface area contributed by atoms with Gasteiger partial charge in [0, 0.05) is 19.5 Å². The number of aromatic nitrogens is 2. The maximum Gasteiger partial charge on any atom is 0.286 e. The van der Waals surface area contributed by atoms with Gasteiger partial charge in [0.25, 0.3) is 5.91 Å². The number of para-hydroxylation sites is 2. The zero-order valence-corrected chi connectivity index (χ0v) is 17.7. The van der Waals surface area contributed by atoms with Gasteiger partial charge in [-0.3, -0.25) is 4.79 Å². The van der Waals surface area contributed by atoms with E-state index in [1.165, 1.54) is 11.8 Å². The van der Waals surface area contributed by atoms with Crippen molar-refractivity contribution in [1.29, 1.82) is 0 Å². The molecule has 1 N–H and O–H groups in total. The van der Waals surface area contributed by atoms with Gasteiger partial charge in [0.1, 0.15) is 11.6 Å². The molecule has 6 nitrogen and oxygen atoms in total. The minimum Gasteiger partial charge on any atom is -0.494 e. The van der Waals surface area contributed by atoms with Crippen LogP contribution in [0.4, 0.5) is 0 Å². The highest BCUT2D eigenvalue weighted by Gasteiger charge is 2.11. The van der Waals surface area contributed by atoms with Crippen molar-refractivity contribution in [2.24, 2.45) is 0 Å². The molecule has 0 radical (unpaired) electrons. The van der Waals surface area contributed by atoms with E-state index < -0.39 is 0 Å². The number of ether oxygens (including phenoxy) is 1. The second kappa shape index (κ2) is 9.98. The van der Waals surface area contributed by atoms with Crippen molar-refractivity contribution in [2.45, 2.75) is 32.7 Å². The molecule has 0 fully saturated rings. The molecule has 2 aromatic carbocycles. The number of furan rings is 1. The van der Waals surface area contributed by atoms with Gasteiger partial charge in [-0.15, -0.1) is 0 Å². The molecule has 0 aliphatic heterocycles. The largest absolute Gasteiger partial charge is 0.494 e. The Balaban J connectivity index is 1.33. The summed E-state index contributed by atoms with van der Waals surface area (Å²) >= 11 is 0. The lowest BCUT2D eigenvalue weighted by molar-refractivity contribution is 0.0925. The van der Waals surface area contributed by atoms with Gasteiger partial charge in [-0.1, -0.05) is 24.3 Å². The summed E-state index contributed by atoms with van der Waals surface area (Å²) in [7, 11) is 0. The van der Waals surface area contributed by atoms with Crippen LogP contribution in [0.15, 0.2) is 71.3 Å². The van der Waals surface area contributed by atoms with Gasteiger partial charge in [0.05, 0.1) is 23.9 Å². The maximum atomic E-state index is 12.0. The minimum absolute atomic E-state index is 0.188. The zero-order chi connectivity index (χ0) is 21.5. The second-order valence-electron chi connectivity index (χ2n) is 7.52. The van der Waals surface area contributed by atoms with E-state index in [9.17, 15) is 4.79 Å². The van der Waals surface area contributed by atoms with Crippen LogP contribution >= 0.6 is 0 Å². The van der Waals surface area contributed by atoms with E-state index in [1.54, 1.807) is 12.1 Å². The van der Waals surface area contributed by atoms with Crippen LogP contribution in [0.25, 0.3) is 11.0 Å². The predicted molar refractivity (Wildman–Crippen MR) is 120 cm³/mol. The highest BCUT2D eigenvalue weighted by atomic mass is 16.5. The molecular formula is C25H27N3O3. The third-order valence-corrected chi connectivity index (χ3v) is 5.13. The van der Waals surface area contributed by atoms with Gasteiger partial charge in [0.15, 0.2) is 5.76 Å². The van der Waals surface area contributed by atoms with Gasteiger partial charge >= 0.3 is 0 Å². The molecule has 0 aliphatic carbocycles. The molecule has 0 atom stereocenters. The average Bonchev–Trinajstić information content (AvgIpc) is 3.43. The van der Waals surface area contributed by atoms with Gasteiger partial charge in [-0.05, 0) is 61.7 Å². The van der Waals surface area contributed by atoms with Crippen molar-refractivity contribution < 1.29 is 13.9 Å². The second-order valence-corrected chi connectivity index (χ2v) is 7.52. The fourth-order valence-electron chi connectivity index (χ4n) is 3.63. The van der Waals surface area contributed by atoms with E-state index in [-0.39, 0.29) is 5.91 Å². The van der Waals surface area contributed by atoms with Crippen molar-refractivity contribution in [3.63, 3.8) is 0 Å². The SMILES string of the molecule is Cc1cccc(OCCCn2c(CCCNC(=O)c3ccco3)nc3ccccc32)c1. The Morgan fingerprint density at radius 1 is 1.10 bits per heavy atom. The zero-order valence-electron chi connectivity index (χ0n) is 17.7. The number of fused-ring (bicyclic) bond motifs is 1. The van der Waals surface area contributed by atoms with Crippen LogP contribution in [-0.2, 0) is 13.0 Å². The van der Waals surface area contributed by atoms with Crippen LogP contribution in [0.5, 0.6) is 5.75 Å². The van der Waals surface area contributed by atoms with E-state index in [1.807, 2.05) is 30.3 Å². The van der Waals surface area contributed by atoms with Crippen molar-refractivity contribution >= 4 is 16.9 Å². The molecule has 0 saturated heterocycles. The summed E-state index contributed by atoms with van der Waals surface area (Å²) in [5.74, 6) is 2.08. The van der Waals surface area contributed by atoms with E-state index in [2.05, 4.69) is 35.0 Å². The molecule has 0 aliphatic rings. The van der Waals surface area contributed by atoms with Gasteiger partial charge in [0.2, 0.25) is 0 Å². The normalized spacial score (nSPS) is 11.0. The first-order valence-electron chi connectivity index (χ1n) is 10.7.